The summed E-state index contributed by atoms with van der Waals surface area (Å²) in [6, 6.07) is 13.7. The van der Waals surface area contributed by atoms with Gasteiger partial charge in [-0.2, -0.15) is 0 Å². The highest BCUT2D eigenvalue weighted by Crippen LogP contribution is 2.23. The number of aryl methyl sites for hydroxylation is 3. The lowest BCUT2D eigenvalue weighted by molar-refractivity contribution is -0.116. The topological polar surface area (TPSA) is 60.2 Å². The molecule has 0 fully saturated rings. The highest BCUT2D eigenvalue weighted by molar-refractivity contribution is 9.10. The Labute approximate surface area is 176 Å². The maximum atomic E-state index is 12.5. The molecule has 1 unspecified atom stereocenters. The van der Waals surface area contributed by atoms with Gasteiger partial charge in [-0.25, -0.2) is 4.98 Å². The van der Waals surface area contributed by atoms with E-state index in [0.717, 1.165) is 26.7 Å². The first-order chi connectivity index (χ1) is 13.3. The number of hydrogen-bond acceptors (Lipinski definition) is 4. The van der Waals surface area contributed by atoms with Crippen LogP contribution in [0.25, 0.3) is 11.5 Å². The molecule has 146 valence electrons. The molecular weight excluding hydrogens is 438 g/mol. The van der Waals surface area contributed by atoms with Crippen LogP contribution >= 0.6 is 15.9 Å². The molecule has 0 saturated heterocycles. The van der Waals surface area contributed by atoms with Gasteiger partial charge in [0.15, 0.2) is 0 Å². The number of ketones is 1. The molecule has 4 nitrogen and oxygen atoms in total. The molecule has 0 spiro atoms. The highest BCUT2D eigenvalue weighted by atomic mass is 79.9. The first-order valence-electron chi connectivity index (χ1n) is 8.97. The maximum absolute atomic E-state index is 12.5. The van der Waals surface area contributed by atoms with Gasteiger partial charge in [-0.1, -0.05) is 45.8 Å². The van der Waals surface area contributed by atoms with Gasteiger partial charge in [0.05, 0.1) is 17.2 Å². The van der Waals surface area contributed by atoms with Crippen LogP contribution in [0.3, 0.4) is 0 Å². The van der Waals surface area contributed by atoms with Crippen LogP contribution in [0.5, 0.6) is 0 Å². The normalized spacial score (nSPS) is 12.1. The number of Topliss-reactive ketones (excluding diaryl/α,β-unsaturated/α-hetero) is 1. The van der Waals surface area contributed by atoms with E-state index in [1.807, 2.05) is 63.2 Å². The van der Waals surface area contributed by atoms with Gasteiger partial charge in [-0.3, -0.25) is 9.00 Å². The van der Waals surface area contributed by atoms with Crippen molar-refractivity contribution >= 4 is 32.5 Å². The predicted octanol–water partition coefficient (Wildman–Crippen LogP) is 5.09. The summed E-state index contributed by atoms with van der Waals surface area (Å²) in [5, 5.41) is 0. The smallest absolute Gasteiger partial charge is 0.226 e. The van der Waals surface area contributed by atoms with E-state index in [-0.39, 0.29) is 23.7 Å². The largest absolute Gasteiger partial charge is 0.441 e. The van der Waals surface area contributed by atoms with Crippen molar-refractivity contribution in [1.29, 1.82) is 0 Å². The molecule has 0 aliphatic heterocycles. The van der Waals surface area contributed by atoms with Crippen molar-refractivity contribution < 1.29 is 13.4 Å². The number of halogens is 1. The molecule has 0 radical (unpaired) electrons. The molecule has 0 N–H and O–H groups in total. The van der Waals surface area contributed by atoms with Crippen molar-refractivity contribution in [2.24, 2.45) is 0 Å². The highest BCUT2D eigenvalue weighted by Gasteiger charge is 2.16. The zero-order valence-electron chi connectivity index (χ0n) is 16.1. The van der Waals surface area contributed by atoms with Crippen molar-refractivity contribution in [1.82, 2.24) is 4.98 Å². The summed E-state index contributed by atoms with van der Waals surface area (Å²) >= 11 is 3.45. The third-order valence-electron chi connectivity index (χ3n) is 4.43. The fraction of sp³-hybridized carbons (Fsp3) is 0.273. The van der Waals surface area contributed by atoms with Gasteiger partial charge >= 0.3 is 0 Å². The number of nitrogens with zero attached hydrogens (tertiary/aromatic N) is 1. The van der Waals surface area contributed by atoms with E-state index in [9.17, 15) is 9.00 Å². The monoisotopic (exact) mass is 459 g/mol. The van der Waals surface area contributed by atoms with E-state index in [2.05, 4.69) is 20.9 Å². The van der Waals surface area contributed by atoms with Gasteiger partial charge in [-0.15, -0.1) is 0 Å². The van der Waals surface area contributed by atoms with Gasteiger partial charge in [0.2, 0.25) is 5.89 Å². The van der Waals surface area contributed by atoms with E-state index in [1.54, 1.807) is 0 Å². The maximum Gasteiger partial charge on any atom is 0.226 e. The predicted molar refractivity (Wildman–Crippen MR) is 116 cm³/mol. The Kier molecular flexibility index (Phi) is 6.62. The fourth-order valence-corrected chi connectivity index (χ4v) is 4.24. The van der Waals surface area contributed by atoms with Crippen molar-refractivity contribution in [3.8, 4) is 11.5 Å². The Morgan fingerprint density at radius 1 is 1.11 bits per heavy atom. The number of carbonyl (C=O) groups is 1. The van der Waals surface area contributed by atoms with Crippen molar-refractivity contribution in [3.63, 3.8) is 0 Å². The molecule has 0 saturated carbocycles. The third-order valence-corrected chi connectivity index (χ3v) is 6.56. The second kappa shape index (κ2) is 8.97. The summed E-state index contributed by atoms with van der Waals surface area (Å²) < 4.78 is 19.2. The number of aromatic nitrogens is 1. The number of hydrogen-bond donors (Lipinski definition) is 0. The summed E-state index contributed by atoms with van der Waals surface area (Å²) in [5.74, 6) is 1.34. The first-order valence-corrected chi connectivity index (χ1v) is 11.2. The molecule has 2 aromatic carbocycles. The number of carbonyl (C=O) groups excluding carboxylic acids is 1. The SMILES string of the molecule is Cc1ccc(-c2nc(CS(=O)CC(=O)Cc3ccc(Br)c(C)c3)c(C)o2)cc1. The molecule has 0 amide bonds. The molecule has 1 aromatic heterocycles. The van der Waals surface area contributed by atoms with Crippen LogP contribution in [0.2, 0.25) is 0 Å². The molecule has 0 aliphatic rings. The van der Waals surface area contributed by atoms with Crippen LogP contribution < -0.4 is 0 Å². The molecule has 1 heterocycles. The van der Waals surface area contributed by atoms with Crippen molar-refractivity contribution in [2.75, 3.05) is 5.75 Å². The average molecular weight is 460 g/mol. The fourth-order valence-electron chi connectivity index (χ4n) is 2.86. The van der Waals surface area contributed by atoms with Gasteiger partial charge in [-0.05, 0) is 50.1 Å². The second-order valence-electron chi connectivity index (χ2n) is 6.92. The summed E-state index contributed by atoms with van der Waals surface area (Å²) in [6.45, 7) is 5.81. The number of benzene rings is 2. The summed E-state index contributed by atoms with van der Waals surface area (Å²) in [6.07, 6.45) is 0.284. The standard InChI is InChI=1S/C22H22BrNO3S/c1-14-4-7-18(8-5-14)22-24-21(16(3)27-22)13-28(26)12-19(25)11-17-6-9-20(23)15(2)10-17/h4-10H,11-13H2,1-3H3. The molecule has 3 aromatic rings. The third kappa shape index (κ3) is 5.26. The molecular formula is C22H22BrNO3S. The molecule has 28 heavy (non-hydrogen) atoms. The Balaban J connectivity index is 1.62. The van der Waals surface area contributed by atoms with Crippen LogP contribution in [0.4, 0.5) is 0 Å². The van der Waals surface area contributed by atoms with Gasteiger partial charge in [0.1, 0.15) is 11.5 Å². The molecule has 0 bridgehead atoms. The minimum absolute atomic E-state index is 0.0152. The zero-order chi connectivity index (χ0) is 20.3. The van der Waals surface area contributed by atoms with Crippen molar-refractivity contribution in [2.45, 2.75) is 32.9 Å². The zero-order valence-corrected chi connectivity index (χ0v) is 18.5. The molecule has 0 aliphatic carbocycles. The second-order valence-corrected chi connectivity index (χ2v) is 9.23. The van der Waals surface area contributed by atoms with E-state index in [1.165, 1.54) is 0 Å². The first kappa shape index (κ1) is 20.7. The lowest BCUT2D eigenvalue weighted by Gasteiger charge is -2.04. The van der Waals surface area contributed by atoms with E-state index in [0.29, 0.717) is 17.3 Å². The Morgan fingerprint density at radius 2 is 1.82 bits per heavy atom. The molecule has 1 atom stereocenters. The quantitative estimate of drug-likeness (QED) is 0.493. The Bertz CT molecular complexity index is 1020. The summed E-state index contributed by atoms with van der Waals surface area (Å²) in [4.78, 5) is 16.8. The van der Waals surface area contributed by atoms with Crippen molar-refractivity contribution in [3.05, 3.63) is 75.1 Å². The lowest BCUT2D eigenvalue weighted by Crippen LogP contribution is -2.15. The van der Waals surface area contributed by atoms with Gasteiger partial charge in [0, 0.05) is 27.3 Å². The van der Waals surface area contributed by atoms with Gasteiger partial charge in [0.25, 0.3) is 0 Å². The summed E-state index contributed by atoms with van der Waals surface area (Å²) in [5.41, 5.74) is 4.69. The minimum Gasteiger partial charge on any atom is -0.441 e. The van der Waals surface area contributed by atoms with Gasteiger partial charge < -0.3 is 4.42 Å². The van der Waals surface area contributed by atoms with E-state index < -0.39 is 10.8 Å². The Morgan fingerprint density at radius 3 is 2.50 bits per heavy atom. The number of rotatable bonds is 7. The molecule has 3 rings (SSSR count). The van der Waals surface area contributed by atoms with Crippen LogP contribution in [0.15, 0.2) is 51.4 Å². The Hall–Kier alpha value is -2.05. The van der Waals surface area contributed by atoms with Crippen LogP contribution in [0.1, 0.15) is 28.1 Å². The van der Waals surface area contributed by atoms with Crippen LogP contribution in [-0.2, 0) is 27.8 Å². The summed E-state index contributed by atoms with van der Waals surface area (Å²) in [7, 11) is -1.32. The minimum atomic E-state index is -1.32. The van der Waals surface area contributed by atoms with E-state index >= 15 is 0 Å². The van der Waals surface area contributed by atoms with Crippen LogP contribution in [0, 0.1) is 20.8 Å². The van der Waals surface area contributed by atoms with E-state index in [4.69, 9.17) is 4.42 Å². The van der Waals surface area contributed by atoms with Crippen LogP contribution in [-0.4, -0.2) is 20.7 Å². The average Bonchev–Trinajstić information content (AvgIpc) is 2.99. The molecule has 6 heteroatoms. The lowest BCUT2D eigenvalue weighted by atomic mass is 10.1. The number of oxazole rings is 1.